The fraction of sp³-hybridized carbons (Fsp3) is 0.407. The molecule has 206 valence electrons. The molecule has 3 aromatic rings. The normalized spacial score (nSPS) is 15.5. The average Bonchev–Trinajstić information content (AvgIpc) is 3.70. The number of rotatable bonds is 10. The second-order valence-electron chi connectivity index (χ2n) is 9.43. The number of fused-ring (bicyclic) bond motifs is 1. The maximum atomic E-state index is 13.8. The van der Waals surface area contributed by atoms with Gasteiger partial charge in [-0.1, -0.05) is 24.4 Å². The van der Waals surface area contributed by atoms with Crippen LogP contribution in [0, 0.1) is 6.92 Å². The second-order valence-corrected chi connectivity index (χ2v) is 10.4. The molecular formula is C27H30N4O7S. The van der Waals surface area contributed by atoms with E-state index >= 15 is 0 Å². The van der Waals surface area contributed by atoms with Gasteiger partial charge in [0.2, 0.25) is 18.6 Å². The Kier molecular flexibility index (Phi) is 8.40. The summed E-state index contributed by atoms with van der Waals surface area (Å²) in [6.07, 6.45) is 6.51. The first-order valence-corrected chi connectivity index (χ1v) is 14.0. The Hall–Kier alpha value is -3.93. The zero-order valence-electron chi connectivity index (χ0n) is 21.5. The fourth-order valence-electron chi connectivity index (χ4n) is 4.72. The molecule has 0 unspecified atom stereocenters. The summed E-state index contributed by atoms with van der Waals surface area (Å²) in [5.74, 6) is 1.17. The van der Waals surface area contributed by atoms with Crippen molar-refractivity contribution in [1.82, 2.24) is 10.5 Å². The quantitative estimate of drug-likeness (QED) is 0.378. The first kappa shape index (κ1) is 26.7. The molecule has 2 aliphatic rings. The molecule has 2 aromatic heterocycles. The van der Waals surface area contributed by atoms with E-state index in [-0.39, 0.29) is 42.1 Å². The number of hydrogen-bond donors (Lipinski definition) is 2. The predicted molar refractivity (Wildman–Crippen MR) is 144 cm³/mol. The zero-order valence-corrected chi connectivity index (χ0v) is 22.3. The van der Waals surface area contributed by atoms with Gasteiger partial charge in [0.05, 0.1) is 17.8 Å². The fourth-order valence-corrected chi connectivity index (χ4v) is 5.40. The van der Waals surface area contributed by atoms with Crippen molar-refractivity contribution in [2.75, 3.05) is 28.5 Å². The van der Waals surface area contributed by atoms with E-state index in [1.54, 1.807) is 43.3 Å². The highest BCUT2D eigenvalue weighted by atomic mass is 32.2. The Morgan fingerprint density at radius 2 is 1.90 bits per heavy atom. The Morgan fingerprint density at radius 1 is 1.08 bits per heavy atom. The van der Waals surface area contributed by atoms with Gasteiger partial charge in [0.15, 0.2) is 23.4 Å². The number of aromatic nitrogens is 1. The molecule has 1 saturated carbocycles. The van der Waals surface area contributed by atoms with Crippen molar-refractivity contribution in [3.63, 3.8) is 0 Å². The topological polar surface area (TPSA) is 136 Å². The van der Waals surface area contributed by atoms with Crippen molar-refractivity contribution in [2.24, 2.45) is 0 Å². The molecule has 0 bridgehead atoms. The number of amides is 3. The smallest absolute Gasteiger partial charge is 0.251 e. The van der Waals surface area contributed by atoms with Gasteiger partial charge in [-0.05, 0) is 44.0 Å². The van der Waals surface area contributed by atoms with Crippen LogP contribution in [-0.2, 0) is 14.4 Å². The van der Waals surface area contributed by atoms with Gasteiger partial charge in [-0.15, -0.1) is 11.8 Å². The van der Waals surface area contributed by atoms with Crippen molar-refractivity contribution in [2.45, 2.75) is 51.1 Å². The third-order valence-corrected chi connectivity index (χ3v) is 7.45. The molecule has 11 nitrogen and oxygen atoms in total. The second kappa shape index (κ2) is 12.3. The van der Waals surface area contributed by atoms with Crippen molar-refractivity contribution in [3.8, 4) is 11.5 Å². The summed E-state index contributed by atoms with van der Waals surface area (Å²) >= 11 is 1.13. The summed E-state index contributed by atoms with van der Waals surface area (Å²) in [6.45, 7) is 1.80. The summed E-state index contributed by atoms with van der Waals surface area (Å²) in [6, 6.07) is 9.04. The molecule has 12 heteroatoms. The van der Waals surface area contributed by atoms with Crippen LogP contribution < -0.4 is 25.0 Å². The lowest BCUT2D eigenvalue weighted by molar-refractivity contribution is -0.127. The van der Waals surface area contributed by atoms with E-state index in [4.69, 9.17) is 18.4 Å². The molecule has 39 heavy (non-hydrogen) atoms. The van der Waals surface area contributed by atoms with E-state index in [9.17, 15) is 14.4 Å². The number of ether oxygens (including phenoxy) is 2. The largest absolute Gasteiger partial charge is 0.467 e. The van der Waals surface area contributed by atoms with Gasteiger partial charge in [0, 0.05) is 23.9 Å². The summed E-state index contributed by atoms with van der Waals surface area (Å²) < 4.78 is 21.6. The van der Waals surface area contributed by atoms with E-state index in [1.165, 1.54) is 11.2 Å². The van der Waals surface area contributed by atoms with E-state index < -0.39 is 6.04 Å². The number of aryl methyl sites for hydroxylation is 1. The van der Waals surface area contributed by atoms with E-state index in [2.05, 4.69) is 15.8 Å². The van der Waals surface area contributed by atoms with Crippen molar-refractivity contribution in [3.05, 3.63) is 54.2 Å². The van der Waals surface area contributed by atoms with Gasteiger partial charge < -0.3 is 29.0 Å². The minimum atomic E-state index is -1.05. The van der Waals surface area contributed by atoms with Crippen LogP contribution in [0.4, 0.5) is 11.5 Å². The van der Waals surface area contributed by atoms with Crippen LogP contribution >= 0.6 is 11.8 Å². The lowest BCUT2D eigenvalue weighted by Gasteiger charge is -2.32. The summed E-state index contributed by atoms with van der Waals surface area (Å²) in [4.78, 5) is 41.3. The molecule has 2 N–H and O–H groups in total. The van der Waals surface area contributed by atoms with Crippen LogP contribution in [0.25, 0.3) is 0 Å². The maximum absolute atomic E-state index is 13.8. The first-order chi connectivity index (χ1) is 19.0. The summed E-state index contributed by atoms with van der Waals surface area (Å²) in [5.41, 5.74) is 0.451. The Morgan fingerprint density at radius 3 is 2.64 bits per heavy atom. The minimum Gasteiger partial charge on any atom is -0.467 e. The number of hydrogen-bond acceptors (Lipinski definition) is 9. The molecule has 1 atom stereocenters. The number of nitrogens with one attached hydrogen (secondary N) is 2. The molecule has 1 aliphatic carbocycles. The number of anilines is 2. The van der Waals surface area contributed by atoms with Crippen LogP contribution in [0.5, 0.6) is 11.5 Å². The summed E-state index contributed by atoms with van der Waals surface area (Å²) in [7, 11) is 0. The van der Waals surface area contributed by atoms with Gasteiger partial charge in [-0.25, -0.2) is 0 Å². The third kappa shape index (κ3) is 6.56. The SMILES string of the molecule is Cc1cc(NC(=O)CSCC(=O)N(c2ccc3c(c2)OCO3)[C@H](C(=O)NC2CCCCC2)c2ccco2)no1. The number of furan rings is 1. The monoisotopic (exact) mass is 554 g/mol. The van der Waals surface area contributed by atoms with Gasteiger partial charge in [0.1, 0.15) is 11.5 Å². The van der Waals surface area contributed by atoms with Gasteiger partial charge >= 0.3 is 0 Å². The number of carbonyl (C=O) groups excluding carboxylic acids is 3. The molecule has 1 fully saturated rings. The van der Waals surface area contributed by atoms with Crippen LogP contribution in [0.15, 0.2) is 51.6 Å². The average molecular weight is 555 g/mol. The van der Waals surface area contributed by atoms with Gasteiger partial charge in [0.25, 0.3) is 5.91 Å². The van der Waals surface area contributed by atoms with E-state index in [1.807, 2.05) is 0 Å². The highest BCUT2D eigenvalue weighted by Gasteiger charge is 2.36. The van der Waals surface area contributed by atoms with Crippen LogP contribution in [0.2, 0.25) is 0 Å². The number of benzene rings is 1. The lowest BCUT2D eigenvalue weighted by Crippen LogP contribution is -2.47. The highest BCUT2D eigenvalue weighted by molar-refractivity contribution is 8.00. The number of nitrogens with zero attached hydrogens (tertiary/aromatic N) is 2. The van der Waals surface area contributed by atoms with Crippen molar-refractivity contribution >= 4 is 41.0 Å². The molecule has 3 heterocycles. The molecule has 3 amide bonds. The molecule has 1 aliphatic heterocycles. The van der Waals surface area contributed by atoms with Gasteiger partial charge in [-0.2, -0.15) is 0 Å². The Bertz CT molecular complexity index is 1300. The van der Waals surface area contributed by atoms with Crippen molar-refractivity contribution in [1.29, 1.82) is 0 Å². The van der Waals surface area contributed by atoms with Crippen LogP contribution in [0.1, 0.15) is 49.7 Å². The highest BCUT2D eigenvalue weighted by Crippen LogP contribution is 2.38. The Labute approximate surface area is 229 Å². The molecular weight excluding hydrogens is 524 g/mol. The predicted octanol–water partition coefficient (Wildman–Crippen LogP) is 4.20. The molecule has 5 rings (SSSR count). The van der Waals surface area contributed by atoms with Crippen LogP contribution in [-0.4, -0.2) is 47.2 Å². The minimum absolute atomic E-state index is 0.00627. The van der Waals surface area contributed by atoms with E-state index in [0.717, 1.165) is 43.9 Å². The Balaban J connectivity index is 1.36. The molecule has 0 spiro atoms. The number of carbonyl (C=O) groups is 3. The molecule has 0 radical (unpaired) electrons. The van der Waals surface area contributed by atoms with E-state index in [0.29, 0.717) is 34.5 Å². The maximum Gasteiger partial charge on any atom is 0.251 e. The van der Waals surface area contributed by atoms with Gasteiger partial charge in [-0.3, -0.25) is 19.3 Å². The third-order valence-electron chi connectivity index (χ3n) is 6.53. The first-order valence-electron chi connectivity index (χ1n) is 12.8. The number of thioether (sulfide) groups is 1. The standard InChI is InChI=1S/C27H30N4O7S/c1-17-12-23(30-38-17)29-24(32)14-39-15-25(33)31(19-9-10-20-22(13-19)37-16-36-20)26(21-8-5-11-35-21)27(34)28-18-6-3-2-4-7-18/h5,8-13,18,26H,2-4,6-7,14-16H2,1H3,(H,28,34)(H,29,30,32)/t26-/m0/s1. The van der Waals surface area contributed by atoms with Crippen molar-refractivity contribution < 1.29 is 32.8 Å². The van der Waals surface area contributed by atoms with Crippen LogP contribution in [0.3, 0.4) is 0 Å². The molecule has 0 saturated heterocycles. The lowest BCUT2D eigenvalue weighted by atomic mass is 9.95. The molecule has 1 aromatic carbocycles. The zero-order chi connectivity index (χ0) is 27.2. The summed E-state index contributed by atoms with van der Waals surface area (Å²) in [5, 5.41) is 9.51.